The molecular formula is C12H13BrN2OS. The number of oxazole rings is 1. The highest BCUT2D eigenvalue weighted by atomic mass is 79.9. The SMILES string of the molecule is Cc1coc(SCCNc2cccc(Br)c2)n1. The van der Waals surface area contributed by atoms with Gasteiger partial charge in [0.25, 0.3) is 5.22 Å². The van der Waals surface area contributed by atoms with E-state index in [4.69, 9.17) is 4.42 Å². The van der Waals surface area contributed by atoms with E-state index in [0.29, 0.717) is 0 Å². The third-order valence-corrected chi connectivity index (χ3v) is 3.42. The van der Waals surface area contributed by atoms with Crippen LogP contribution in [0.15, 0.2) is 44.6 Å². The fourth-order valence-electron chi connectivity index (χ4n) is 1.33. The highest BCUT2D eigenvalue weighted by Gasteiger charge is 2.00. The molecule has 2 rings (SSSR count). The van der Waals surface area contributed by atoms with Gasteiger partial charge in [0, 0.05) is 22.5 Å². The summed E-state index contributed by atoms with van der Waals surface area (Å²) in [6.45, 7) is 2.80. The van der Waals surface area contributed by atoms with Crippen molar-refractivity contribution in [1.29, 1.82) is 0 Å². The Hall–Kier alpha value is -0.940. The Bertz CT molecular complexity index is 487. The van der Waals surface area contributed by atoms with Crippen LogP contribution in [0.2, 0.25) is 0 Å². The molecule has 0 atom stereocenters. The van der Waals surface area contributed by atoms with Crippen molar-refractivity contribution >= 4 is 33.4 Å². The summed E-state index contributed by atoms with van der Waals surface area (Å²) >= 11 is 5.05. The Morgan fingerprint density at radius 3 is 3.06 bits per heavy atom. The molecule has 1 heterocycles. The van der Waals surface area contributed by atoms with Gasteiger partial charge in [-0.1, -0.05) is 33.8 Å². The van der Waals surface area contributed by atoms with E-state index in [9.17, 15) is 0 Å². The largest absolute Gasteiger partial charge is 0.440 e. The minimum absolute atomic E-state index is 0.735. The second-order valence-electron chi connectivity index (χ2n) is 3.54. The van der Waals surface area contributed by atoms with Crippen molar-refractivity contribution < 1.29 is 4.42 Å². The molecular weight excluding hydrogens is 300 g/mol. The first-order valence-corrected chi connectivity index (χ1v) is 7.06. The third kappa shape index (κ3) is 4.09. The molecule has 0 aliphatic carbocycles. The Morgan fingerprint density at radius 2 is 2.35 bits per heavy atom. The Balaban J connectivity index is 1.73. The molecule has 1 aromatic heterocycles. The summed E-state index contributed by atoms with van der Waals surface area (Å²) in [6, 6.07) is 8.12. The topological polar surface area (TPSA) is 38.1 Å². The van der Waals surface area contributed by atoms with E-state index in [1.54, 1.807) is 18.0 Å². The van der Waals surface area contributed by atoms with Crippen LogP contribution < -0.4 is 5.32 Å². The summed E-state index contributed by atoms with van der Waals surface area (Å²) in [5.74, 6) is 0.923. The van der Waals surface area contributed by atoms with E-state index in [2.05, 4.69) is 32.3 Å². The number of hydrogen-bond donors (Lipinski definition) is 1. The molecule has 0 bridgehead atoms. The molecule has 17 heavy (non-hydrogen) atoms. The number of nitrogens with zero attached hydrogens (tertiary/aromatic N) is 1. The van der Waals surface area contributed by atoms with Gasteiger partial charge in [-0.2, -0.15) is 0 Å². The molecule has 1 aromatic carbocycles. The molecule has 2 aromatic rings. The summed E-state index contributed by atoms with van der Waals surface area (Å²) in [5.41, 5.74) is 2.04. The maximum atomic E-state index is 5.25. The first-order chi connectivity index (χ1) is 8.24. The number of thioether (sulfide) groups is 1. The number of aromatic nitrogens is 1. The Kier molecular flexibility index (Phi) is 4.50. The minimum atomic E-state index is 0.735. The van der Waals surface area contributed by atoms with Gasteiger partial charge in [-0.25, -0.2) is 4.98 Å². The lowest BCUT2D eigenvalue weighted by Crippen LogP contribution is -2.03. The molecule has 0 unspecified atom stereocenters. The maximum absolute atomic E-state index is 5.25. The van der Waals surface area contributed by atoms with Crippen LogP contribution in [-0.4, -0.2) is 17.3 Å². The van der Waals surface area contributed by atoms with Gasteiger partial charge in [0.1, 0.15) is 6.26 Å². The molecule has 90 valence electrons. The van der Waals surface area contributed by atoms with Gasteiger partial charge in [0.15, 0.2) is 0 Å². The van der Waals surface area contributed by atoms with E-state index >= 15 is 0 Å². The first-order valence-electron chi connectivity index (χ1n) is 5.28. The fraction of sp³-hybridized carbons (Fsp3) is 0.250. The van der Waals surface area contributed by atoms with Crippen molar-refractivity contribution in [2.45, 2.75) is 12.1 Å². The van der Waals surface area contributed by atoms with Gasteiger partial charge in [-0.15, -0.1) is 0 Å². The third-order valence-electron chi connectivity index (χ3n) is 2.08. The normalized spacial score (nSPS) is 10.5. The smallest absolute Gasteiger partial charge is 0.255 e. The number of hydrogen-bond acceptors (Lipinski definition) is 4. The van der Waals surface area contributed by atoms with Crippen LogP contribution in [0.25, 0.3) is 0 Å². The molecule has 0 saturated carbocycles. The average Bonchev–Trinajstić information content (AvgIpc) is 2.71. The summed E-state index contributed by atoms with van der Waals surface area (Å²) in [5, 5.41) is 4.08. The molecule has 3 nitrogen and oxygen atoms in total. The van der Waals surface area contributed by atoms with E-state index in [1.807, 2.05) is 25.1 Å². The number of halogens is 1. The van der Waals surface area contributed by atoms with Crippen LogP contribution in [0.5, 0.6) is 0 Å². The molecule has 0 saturated heterocycles. The van der Waals surface area contributed by atoms with Crippen LogP contribution in [0, 0.1) is 6.92 Å². The van der Waals surface area contributed by atoms with Crippen molar-refractivity contribution in [2.24, 2.45) is 0 Å². The average molecular weight is 313 g/mol. The standard InChI is InChI=1S/C12H13BrN2OS/c1-9-8-16-12(15-9)17-6-5-14-11-4-2-3-10(13)7-11/h2-4,7-8,14H,5-6H2,1H3. The summed E-state index contributed by atoms with van der Waals surface area (Å²) in [4.78, 5) is 4.23. The highest BCUT2D eigenvalue weighted by molar-refractivity contribution is 9.10. The van der Waals surface area contributed by atoms with E-state index in [0.717, 1.165) is 33.4 Å². The van der Waals surface area contributed by atoms with E-state index in [-0.39, 0.29) is 0 Å². The molecule has 0 fully saturated rings. The van der Waals surface area contributed by atoms with Crippen molar-refractivity contribution in [2.75, 3.05) is 17.6 Å². The van der Waals surface area contributed by atoms with Crippen LogP contribution in [-0.2, 0) is 0 Å². The van der Waals surface area contributed by atoms with Crippen LogP contribution in [0.3, 0.4) is 0 Å². The molecule has 0 aliphatic heterocycles. The van der Waals surface area contributed by atoms with Gasteiger partial charge in [-0.05, 0) is 25.1 Å². The van der Waals surface area contributed by atoms with Crippen molar-refractivity contribution in [1.82, 2.24) is 4.98 Å². The van der Waals surface area contributed by atoms with Gasteiger partial charge < -0.3 is 9.73 Å². The van der Waals surface area contributed by atoms with Crippen LogP contribution in [0.1, 0.15) is 5.69 Å². The quantitative estimate of drug-likeness (QED) is 0.670. The van der Waals surface area contributed by atoms with Crippen molar-refractivity contribution in [3.05, 3.63) is 40.7 Å². The van der Waals surface area contributed by atoms with Crippen LogP contribution in [0.4, 0.5) is 5.69 Å². The molecule has 0 amide bonds. The van der Waals surface area contributed by atoms with E-state index < -0.39 is 0 Å². The predicted molar refractivity (Wildman–Crippen MR) is 74.6 cm³/mol. The summed E-state index contributed by atoms with van der Waals surface area (Å²) in [6.07, 6.45) is 1.67. The van der Waals surface area contributed by atoms with Crippen molar-refractivity contribution in [3.8, 4) is 0 Å². The molecule has 5 heteroatoms. The lowest BCUT2D eigenvalue weighted by Gasteiger charge is -2.05. The number of anilines is 1. The second kappa shape index (κ2) is 6.12. The predicted octanol–water partition coefficient (Wildman–Crippen LogP) is 3.95. The minimum Gasteiger partial charge on any atom is -0.440 e. The first kappa shape index (κ1) is 12.5. The van der Waals surface area contributed by atoms with Crippen LogP contribution >= 0.6 is 27.7 Å². The zero-order chi connectivity index (χ0) is 12.1. The highest BCUT2D eigenvalue weighted by Crippen LogP contribution is 2.18. The Labute approximate surface area is 113 Å². The number of nitrogens with one attached hydrogen (secondary N) is 1. The number of aryl methyl sites for hydroxylation is 1. The van der Waals surface area contributed by atoms with Gasteiger partial charge >= 0.3 is 0 Å². The van der Waals surface area contributed by atoms with Gasteiger partial charge in [0.05, 0.1) is 5.69 Å². The monoisotopic (exact) mass is 312 g/mol. The molecule has 0 radical (unpaired) electrons. The van der Waals surface area contributed by atoms with Gasteiger partial charge in [0.2, 0.25) is 0 Å². The van der Waals surface area contributed by atoms with E-state index in [1.165, 1.54) is 0 Å². The lowest BCUT2D eigenvalue weighted by molar-refractivity contribution is 0.454. The van der Waals surface area contributed by atoms with Crippen molar-refractivity contribution in [3.63, 3.8) is 0 Å². The fourth-order valence-corrected chi connectivity index (χ4v) is 2.43. The number of rotatable bonds is 5. The zero-order valence-electron chi connectivity index (χ0n) is 9.44. The maximum Gasteiger partial charge on any atom is 0.255 e. The molecule has 0 aliphatic rings. The van der Waals surface area contributed by atoms with Gasteiger partial charge in [-0.3, -0.25) is 0 Å². The summed E-state index contributed by atoms with van der Waals surface area (Å²) in [7, 11) is 0. The lowest BCUT2D eigenvalue weighted by atomic mass is 10.3. The molecule has 0 spiro atoms. The molecule has 1 N–H and O–H groups in total. The number of benzene rings is 1. The Morgan fingerprint density at radius 1 is 1.47 bits per heavy atom. The second-order valence-corrected chi connectivity index (χ2v) is 5.50. The summed E-state index contributed by atoms with van der Waals surface area (Å²) < 4.78 is 6.33. The zero-order valence-corrected chi connectivity index (χ0v) is 11.8.